The number of benzene rings is 2. The van der Waals surface area contributed by atoms with Gasteiger partial charge < -0.3 is 19.9 Å². The molecule has 2 aromatic carbocycles. The molecule has 1 saturated carbocycles. The van der Waals surface area contributed by atoms with Gasteiger partial charge in [0.15, 0.2) is 0 Å². The zero-order valence-corrected chi connectivity index (χ0v) is 22.5. The number of para-hydroxylation sites is 1. The van der Waals surface area contributed by atoms with E-state index in [-0.39, 0.29) is 0 Å². The van der Waals surface area contributed by atoms with Crippen LogP contribution in [0.3, 0.4) is 0 Å². The van der Waals surface area contributed by atoms with Crippen molar-refractivity contribution in [3.8, 4) is 22.6 Å². The molecule has 4 aromatic rings. The second-order valence-corrected chi connectivity index (χ2v) is 11.1. The second kappa shape index (κ2) is 10.8. The fraction of sp³-hybridized carbons (Fsp3) is 0.419. The molecule has 2 aliphatic rings. The van der Waals surface area contributed by atoms with E-state index in [1.165, 1.54) is 38.8 Å². The van der Waals surface area contributed by atoms with Crippen molar-refractivity contribution in [2.75, 3.05) is 32.9 Å². The van der Waals surface area contributed by atoms with Gasteiger partial charge in [0.2, 0.25) is 0 Å². The highest BCUT2D eigenvalue weighted by molar-refractivity contribution is 6.00. The van der Waals surface area contributed by atoms with Crippen LogP contribution in [0.2, 0.25) is 0 Å². The van der Waals surface area contributed by atoms with Gasteiger partial charge in [-0.15, -0.1) is 0 Å². The van der Waals surface area contributed by atoms with Crippen molar-refractivity contribution in [2.45, 2.75) is 56.7 Å². The number of fused-ring (bicyclic) bond motifs is 1. The highest BCUT2D eigenvalue weighted by Gasteiger charge is 2.31. The summed E-state index contributed by atoms with van der Waals surface area (Å²) >= 11 is 0. The molecule has 0 radical (unpaired) electrons. The van der Waals surface area contributed by atoms with Crippen LogP contribution in [0.15, 0.2) is 67.1 Å². The van der Waals surface area contributed by atoms with Gasteiger partial charge in [-0.1, -0.05) is 30.3 Å². The number of aromatic nitrogens is 3. The Morgan fingerprint density at radius 1 is 0.868 bits per heavy atom. The Kier molecular flexibility index (Phi) is 7.04. The van der Waals surface area contributed by atoms with Gasteiger partial charge in [0, 0.05) is 36.4 Å². The number of nitrogens with two attached hydrogens (primary N) is 1. The molecule has 7 heteroatoms. The molecule has 0 unspecified atom stereocenters. The van der Waals surface area contributed by atoms with Crippen LogP contribution >= 0.6 is 0 Å². The summed E-state index contributed by atoms with van der Waals surface area (Å²) < 4.78 is 8.37. The van der Waals surface area contributed by atoms with Gasteiger partial charge in [-0.2, -0.15) is 0 Å². The minimum Gasteiger partial charge on any atom is -0.457 e. The number of hydrogen-bond acceptors (Lipinski definition) is 6. The molecule has 2 N–H and O–H groups in total. The number of hydrogen-bond donors (Lipinski definition) is 1. The summed E-state index contributed by atoms with van der Waals surface area (Å²) in [6, 6.07) is 19.9. The number of likely N-dealkylation sites (tertiary alicyclic amines) is 1. The Bertz CT molecular complexity index is 1360. The molecule has 1 aliphatic carbocycles. The molecular formula is C31H38N6O. The lowest BCUT2D eigenvalue weighted by Crippen LogP contribution is -2.50. The fourth-order valence-corrected chi connectivity index (χ4v) is 6.37. The summed E-state index contributed by atoms with van der Waals surface area (Å²) in [5.41, 5.74) is 9.53. The molecule has 1 atom stereocenters. The minimum absolute atomic E-state index is 0.423. The minimum atomic E-state index is 0.423. The van der Waals surface area contributed by atoms with Gasteiger partial charge in [-0.3, -0.25) is 4.90 Å². The Labute approximate surface area is 225 Å². The standard InChI is InChI=1S/C31H38N6O/c1-35(2)25-7-6-18-36(19-25)23-12-14-24(15-13-23)37-20-28(29-30(32)33-21-34-31(29)37)22-10-16-27(17-11-22)38-26-8-4-3-5-9-26/h3-5,8-11,16-17,20-21,23-25H,6-7,12-15,18-19H2,1-2H3,(H2,32,33,34)/t23?,24?,25-/m1/s1. The number of ether oxygens (including phenoxy) is 1. The zero-order valence-electron chi connectivity index (χ0n) is 22.5. The molecular weight excluding hydrogens is 472 g/mol. The van der Waals surface area contributed by atoms with Crippen LogP contribution in [0.4, 0.5) is 5.82 Å². The number of anilines is 1. The molecule has 198 valence electrons. The van der Waals surface area contributed by atoms with Crippen LogP contribution < -0.4 is 10.5 Å². The smallest absolute Gasteiger partial charge is 0.146 e. The number of piperidine rings is 1. The summed E-state index contributed by atoms with van der Waals surface area (Å²) in [5, 5.41) is 0.941. The third-order valence-electron chi connectivity index (χ3n) is 8.52. The molecule has 6 rings (SSSR count). The molecule has 0 spiro atoms. The maximum Gasteiger partial charge on any atom is 0.146 e. The van der Waals surface area contributed by atoms with Crippen molar-refractivity contribution in [3.05, 3.63) is 67.1 Å². The van der Waals surface area contributed by atoms with Crippen LogP contribution in [0.5, 0.6) is 11.5 Å². The fourth-order valence-electron chi connectivity index (χ4n) is 6.37. The maximum absolute atomic E-state index is 6.43. The lowest BCUT2D eigenvalue weighted by Gasteiger charge is -2.43. The Hall–Kier alpha value is -3.42. The van der Waals surface area contributed by atoms with Gasteiger partial charge in [0.1, 0.15) is 29.3 Å². The van der Waals surface area contributed by atoms with E-state index in [0.29, 0.717) is 23.9 Å². The first-order chi connectivity index (χ1) is 18.6. The Morgan fingerprint density at radius 3 is 2.32 bits per heavy atom. The van der Waals surface area contributed by atoms with Crippen LogP contribution in [-0.4, -0.2) is 63.6 Å². The van der Waals surface area contributed by atoms with Crippen LogP contribution in [0, 0.1) is 0 Å². The lowest BCUT2D eigenvalue weighted by atomic mass is 9.88. The zero-order chi connectivity index (χ0) is 26.1. The van der Waals surface area contributed by atoms with Crippen molar-refractivity contribution in [1.82, 2.24) is 24.3 Å². The SMILES string of the molecule is CN(C)[C@@H]1CCCN(C2CCC(n3cc(-c4ccc(Oc5ccccc5)cc4)c4c(N)ncnc43)CC2)C1. The van der Waals surface area contributed by atoms with E-state index < -0.39 is 0 Å². The third-order valence-corrected chi connectivity index (χ3v) is 8.52. The molecule has 2 aromatic heterocycles. The monoisotopic (exact) mass is 510 g/mol. The first-order valence-corrected chi connectivity index (χ1v) is 13.9. The highest BCUT2D eigenvalue weighted by atomic mass is 16.5. The van der Waals surface area contributed by atoms with E-state index in [0.717, 1.165) is 46.5 Å². The molecule has 0 bridgehead atoms. The Balaban J connectivity index is 1.22. The predicted octanol–water partition coefficient (Wildman–Crippen LogP) is 5.98. The first-order valence-electron chi connectivity index (χ1n) is 13.9. The average molecular weight is 511 g/mol. The number of likely N-dealkylation sites (N-methyl/N-ethyl adjacent to an activating group) is 1. The van der Waals surface area contributed by atoms with Gasteiger partial charge >= 0.3 is 0 Å². The van der Waals surface area contributed by atoms with Crippen molar-refractivity contribution in [3.63, 3.8) is 0 Å². The third kappa shape index (κ3) is 5.00. The molecule has 7 nitrogen and oxygen atoms in total. The van der Waals surface area contributed by atoms with Crippen molar-refractivity contribution in [2.24, 2.45) is 0 Å². The first kappa shape index (κ1) is 24.9. The normalized spacial score (nSPS) is 22.7. The maximum atomic E-state index is 6.43. The summed E-state index contributed by atoms with van der Waals surface area (Å²) in [4.78, 5) is 14.2. The highest BCUT2D eigenvalue weighted by Crippen LogP contribution is 2.39. The number of nitrogens with zero attached hydrogens (tertiary/aromatic N) is 5. The Morgan fingerprint density at radius 2 is 1.58 bits per heavy atom. The van der Waals surface area contributed by atoms with Crippen LogP contribution in [-0.2, 0) is 0 Å². The van der Waals surface area contributed by atoms with Crippen LogP contribution in [0.1, 0.15) is 44.6 Å². The molecule has 1 aliphatic heterocycles. The second-order valence-electron chi connectivity index (χ2n) is 11.1. The van der Waals surface area contributed by atoms with Crippen molar-refractivity contribution in [1.29, 1.82) is 0 Å². The van der Waals surface area contributed by atoms with Gasteiger partial charge in [0.25, 0.3) is 0 Å². The largest absolute Gasteiger partial charge is 0.457 e. The van der Waals surface area contributed by atoms with E-state index in [4.69, 9.17) is 15.5 Å². The average Bonchev–Trinajstić information content (AvgIpc) is 3.35. The molecule has 38 heavy (non-hydrogen) atoms. The quantitative estimate of drug-likeness (QED) is 0.344. The van der Waals surface area contributed by atoms with Crippen molar-refractivity contribution >= 4 is 16.9 Å². The van der Waals surface area contributed by atoms with E-state index in [1.54, 1.807) is 6.33 Å². The van der Waals surface area contributed by atoms with Crippen molar-refractivity contribution < 1.29 is 4.74 Å². The summed E-state index contributed by atoms with van der Waals surface area (Å²) in [7, 11) is 4.44. The van der Waals surface area contributed by atoms with E-state index in [9.17, 15) is 0 Å². The van der Waals surface area contributed by atoms with Crippen LogP contribution in [0.25, 0.3) is 22.2 Å². The predicted molar refractivity (Wildman–Crippen MR) is 153 cm³/mol. The molecule has 1 saturated heterocycles. The van der Waals surface area contributed by atoms with Gasteiger partial charge in [-0.25, -0.2) is 9.97 Å². The van der Waals surface area contributed by atoms with Gasteiger partial charge in [-0.05, 0) is 89.0 Å². The molecule has 0 amide bonds. The summed E-state index contributed by atoms with van der Waals surface area (Å²) in [6.07, 6.45) is 11.2. The summed E-state index contributed by atoms with van der Waals surface area (Å²) in [6.45, 7) is 2.44. The van der Waals surface area contributed by atoms with E-state index in [1.807, 2.05) is 42.5 Å². The summed E-state index contributed by atoms with van der Waals surface area (Å²) in [5.74, 6) is 2.16. The molecule has 3 heterocycles. The molecule has 2 fully saturated rings. The number of rotatable bonds is 6. The van der Waals surface area contributed by atoms with E-state index >= 15 is 0 Å². The van der Waals surface area contributed by atoms with Gasteiger partial charge in [0.05, 0.1) is 5.39 Å². The van der Waals surface area contributed by atoms with E-state index in [2.05, 4.69) is 51.8 Å². The lowest BCUT2D eigenvalue weighted by molar-refractivity contribution is 0.0713. The number of nitrogen functional groups attached to an aromatic ring is 1. The topological polar surface area (TPSA) is 72.4 Å².